The Labute approximate surface area is 258 Å². The SMILES string of the molecule is C[C@H](NC(=O)CCC(=O)O)C(=O)N[C@@H](C)C(=O)N1CCC[C@H]1C(=O)N[C@@H](CCCN=C(N)N)C(=O)Nc1ccc([N+](=O)[O-])cc1. The van der Waals surface area contributed by atoms with Crippen molar-refractivity contribution < 1.29 is 38.8 Å². The van der Waals surface area contributed by atoms with E-state index in [1.54, 1.807) is 0 Å². The second-order valence-corrected chi connectivity index (χ2v) is 10.4. The van der Waals surface area contributed by atoms with Gasteiger partial charge in [0.05, 0.1) is 11.3 Å². The fourth-order valence-corrected chi connectivity index (χ4v) is 4.49. The predicted molar refractivity (Wildman–Crippen MR) is 160 cm³/mol. The molecule has 1 fully saturated rings. The van der Waals surface area contributed by atoms with Gasteiger partial charge in [0.15, 0.2) is 5.96 Å². The molecule has 0 unspecified atom stereocenters. The lowest BCUT2D eigenvalue weighted by Gasteiger charge is -2.29. The number of nitrogens with two attached hydrogens (primary N) is 2. The third-order valence-electron chi connectivity index (χ3n) is 6.83. The number of rotatable bonds is 16. The second kappa shape index (κ2) is 17.1. The molecule has 5 amide bonds. The second-order valence-electron chi connectivity index (χ2n) is 10.4. The zero-order valence-electron chi connectivity index (χ0n) is 25.0. The molecule has 1 saturated heterocycles. The molecule has 18 nitrogen and oxygen atoms in total. The minimum Gasteiger partial charge on any atom is -0.481 e. The van der Waals surface area contributed by atoms with Crippen molar-refractivity contribution in [2.45, 2.75) is 76.5 Å². The number of anilines is 1. The normalized spacial score (nSPS) is 16.0. The van der Waals surface area contributed by atoms with Crippen LogP contribution in [0.15, 0.2) is 29.3 Å². The largest absolute Gasteiger partial charge is 0.481 e. The Balaban J connectivity index is 2.06. The Morgan fingerprint density at radius 3 is 2.29 bits per heavy atom. The predicted octanol–water partition coefficient (Wildman–Crippen LogP) is -1.06. The molecule has 246 valence electrons. The van der Waals surface area contributed by atoms with Gasteiger partial charge in [-0.1, -0.05) is 0 Å². The van der Waals surface area contributed by atoms with Gasteiger partial charge in [-0.3, -0.25) is 43.9 Å². The molecule has 1 aliphatic heterocycles. The molecule has 1 heterocycles. The Kier molecular flexibility index (Phi) is 13.7. The molecular weight excluding hydrogens is 594 g/mol. The smallest absolute Gasteiger partial charge is 0.303 e. The highest BCUT2D eigenvalue weighted by molar-refractivity contribution is 5.99. The topological polar surface area (TPSA) is 282 Å². The van der Waals surface area contributed by atoms with Crippen molar-refractivity contribution in [3.8, 4) is 0 Å². The van der Waals surface area contributed by atoms with Crippen LogP contribution >= 0.6 is 0 Å². The number of likely N-dealkylation sites (tertiary alicyclic amines) is 1. The number of nitrogens with one attached hydrogen (secondary N) is 4. The molecule has 4 atom stereocenters. The van der Waals surface area contributed by atoms with Crippen LogP contribution in [0.25, 0.3) is 0 Å². The van der Waals surface area contributed by atoms with Gasteiger partial charge in [0.1, 0.15) is 24.2 Å². The van der Waals surface area contributed by atoms with Gasteiger partial charge in [0, 0.05) is 37.3 Å². The number of amides is 5. The maximum Gasteiger partial charge on any atom is 0.303 e. The van der Waals surface area contributed by atoms with Crippen molar-refractivity contribution in [3.05, 3.63) is 34.4 Å². The standard InChI is InChI=1S/C27H39N9O9/c1-15(31-21(37)11-12-22(38)39)23(40)32-16(2)26(43)35-14-4-6-20(35)25(42)34-19(5-3-13-30-27(28)29)24(41)33-17-7-9-18(10-8-17)36(44)45/h7-10,15-16,19-20H,3-6,11-14H2,1-2H3,(H,31,37)(H,32,40)(H,33,41)(H,34,42)(H,38,39)(H4,28,29,30)/t15-,16-,19-,20-/m0/s1. The Hall–Kier alpha value is -5.29. The van der Waals surface area contributed by atoms with Crippen LogP contribution in [-0.4, -0.2) is 93.7 Å². The summed E-state index contributed by atoms with van der Waals surface area (Å²) in [6.07, 6.45) is 0.530. The van der Waals surface area contributed by atoms with E-state index in [0.29, 0.717) is 19.3 Å². The molecule has 1 aromatic carbocycles. The average Bonchev–Trinajstić information content (AvgIpc) is 3.47. The van der Waals surface area contributed by atoms with E-state index in [1.807, 2.05) is 0 Å². The molecule has 0 radical (unpaired) electrons. The van der Waals surface area contributed by atoms with Crippen LogP contribution < -0.4 is 32.7 Å². The Bertz CT molecular complexity index is 1300. The van der Waals surface area contributed by atoms with Crippen LogP contribution in [0.5, 0.6) is 0 Å². The number of aliphatic imine (C=N–C) groups is 1. The first-order chi connectivity index (χ1) is 21.2. The number of nitrogens with zero attached hydrogens (tertiary/aromatic N) is 3. The van der Waals surface area contributed by atoms with E-state index >= 15 is 0 Å². The third-order valence-corrected chi connectivity index (χ3v) is 6.83. The molecular formula is C27H39N9O9. The summed E-state index contributed by atoms with van der Waals surface area (Å²) >= 11 is 0. The van der Waals surface area contributed by atoms with Crippen molar-refractivity contribution in [3.63, 3.8) is 0 Å². The third kappa shape index (κ3) is 11.7. The first-order valence-electron chi connectivity index (χ1n) is 14.2. The molecule has 1 aliphatic rings. The lowest BCUT2D eigenvalue weighted by atomic mass is 10.1. The van der Waals surface area contributed by atoms with Crippen molar-refractivity contribution in [2.24, 2.45) is 16.5 Å². The molecule has 0 aliphatic carbocycles. The van der Waals surface area contributed by atoms with E-state index < -0.39 is 71.0 Å². The van der Waals surface area contributed by atoms with Gasteiger partial charge in [0.25, 0.3) is 5.69 Å². The van der Waals surface area contributed by atoms with Crippen molar-refractivity contribution >= 4 is 52.8 Å². The minimum absolute atomic E-state index is 0.129. The summed E-state index contributed by atoms with van der Waals surface area (Å²) in [5, 5.41) is 29.8. The number of carboxylic acids is 1. The fourth-order valence-electron chi connectivity index (χ4n) is 4.49. The van der Waals surface area contributed by atoms with Gasteiger partial charge in [-0.25, -0.2) is 0 Å². The van der Waals surface area contributed by atoms with Gasteiger partial charge in [-0.05, 0) is 51.7 Å². The number of nitro groups is 1. The maximum atomic E-state index is 13.4. The number of hydrogen-bond acceptors (Lipinski definition) is 9. The van der Waals surface area contributed by atoms with Crippen molar-refractivity contribution in [1.29, 1.82) is 0 Å². The summed E-state index contributed by atoms with van der Waals surface area (Å²) in [5.74, 6) is -4.36. The molecule has 9 N–H and O–H groups in total. The van der Waals surface area contributed by atoms with Crippen LogP contribution in [-0.2, 0) is 28.8 Å². The fraction of sp³-hybridized carbons (Fsp3) is 0.519. The van der Waals surface area contributed by atoms with Gasteiger partial charge < -0.3 is 42.7 Å². The lowest BCUT2D eigenvalue weighted by molar-refractivity contribution is -0.384. The highest BCUT2D eigenvalue weighted by Crippen LogP contribution is 2.20. The molecule has 0 aromatic heterocycles. The molecule has 0 spiro atoms. The number of aliphatic carboxylic acids is 1. The molecule has 2 rings (SSSR count). The van der Waals surface area contributed by atoms with Crippen LogP contribution in [0.3, 0.4) is 0 Å². The van der Waals surface area contributed by atoms with E-state index in [-0.39, 0.29) is 43.3 Å². The lowest BCUT2D eigenvalue weighted by Crippen LogP contribution is -2.56. The molecule has 0 bridgehead atoms. The number of non-ortho nitro benzene ring substituents is 1. The number of guanidine groups is 1. The Morgan fingerprint density at radius 1 is 1.02 bits per heavy atom. The molecule has 18 heteroatoms. The maximum absolute atomic E-state index is 13.4. The number of carboxylic acid groups (broad SMARTS) is 1. The summed E-state index contributed by atoms with van der Waals surface area (Å²) in [6.45, 7) is 3.22. The van der Waals surface area contributed by atoms with Crippen LogP contribution in [0.2, 0.25) is 0 Å². The van der Waals surface area contributed by atoms with E-state index in [2.05, 4.69) is 26.3 Å². The molecule has 1 aromatic rings. The number of hydrogen-bond donors (Lipinski definition) is 7. The van der Waals surface area contributed by atoms with E-state index in [4.69, 9.17) is 16.6 Å². The highest BCUT2D eigenvalue weighted by Gasteiger charge is 2.38. The monoisotopic (exact) mass is 633 g/mol. The first-order valence-corrected chi connectivity index (χ1v) is 14.2. The Morgan fingerprint density at radius 2 is 1.69 bits per heavy atom. The minimum atomic E-state index is -1.16. The van der Waals surface area contributed by atoms with Gasteiger partial charge in [-0.15, -0.1) is 0 Å². The van der Waals surface area contributed by atoms with E-state index in [0.717, 1.165) is 0 Å². The number of nitro benzene ring substituents is 1. The van der Waals surface area contributed by atoms with E-state index in [1.165, 1.54) is 43.0 Å². The summed E-state index contributed by atoms with van der Waals surface area (Å²) in [5.41, 5.74) is 10.8. The summed E-state index contributed by atoms with van der Waals surface area (Å²) in [7, 11) is 0. The number of benzene rings is 1. The van der Waals surface area contributed by atoms with Crippen LogP contribution in [0.1, 0.15) is 52.4 Å². The van der Waals surface area contributed by atoms with E-state index in [9.17, 15) is 38.9 Å². The van der Waals surface area contributed by atoms with Gasteiger partial charge >= 0.3 is 5.97 Å². The highest BCUT2D eigenvalue weighted by atomic mass is 16.6. The van der Waals surface area contributed by atoms with Gasteiger partial charge in [-0.2, -0.15) is 0 Å². The number of carbonyl (C=O) groups is 6. The summed E-state index contributed by atoms with van der Waals surface area (Å²) in [6, 6.07) is 1.03. The zero-order chi connectivity index (χ0) is 33.7. The van der Waals surface area contributed by atoms with Gasteiger partial charge in [0.2, 0.25) is 29.5 Å². The van der Waals surface area contributed by atoms with Crippen LogP contribution in [0.4, 0.5) is 11.4 Å². The van der Waals surface area contributed by atoms with Crippen molar-refractivity contribution in [1.82, 2.24) is 20.9 Å². The summed E-state index contributed by atoms with van der Waals surface area (Å²) < 4.78 is 0. The first kappa shape index (κ1) is 35.9. The van der Waals surface area contributed by atoms with Crippen LogP contribution in [0, 0.1) is 10.1 Å². The summed E-state index contributed by atoms with van der Waals surface area (Å²) in [4.78, 5) is 90.3. The molecule has 0 saturated carbocycles. The molecule has 45 heavy (non-hydrogen) atoms. The average molecular weight is 634 g/mol. The van der Waals surface area contributed by atoms with Crippen molar-refractivity contribution in [2.75, 3.05) is 18.4 Å². The quantitative estimate of drug-likeness (QED) is 0.0378. The zero-order valence-corrected chi connectivity index (χ0v) is 25.0. The number of carbonyl (C=O) groups excluding carboxylic acids is 5.